The molecule has 18 heteroatoms. The van der Waals surface area contributed by atoms with Gasteiger partial charge in [0.25, 0.3) is 5.91 Å². The van der Waals surface area contributed by atoms with Gasteiger partial charge in [0.05, 0.1) is 24.6 Å². The van der Waals surface area contributed by atoms with Crippen molar-refractivity contribution in [2.24, 2.45) is 23.3 Å². The molecule has 2 bridgehead atoms. The molecule has 0 radical (unpaired) electrons. The highest BCUT2D eigenvalue weighted by Crippen LogP contribution is 2.22. The van der Waals surface area contributed by atoms with Gasteiger partial charge in [-0.1, -0.05) is 58.4 Å². The van der Waals surface area contributed by atoms with Crippen LogP contribution in [0, 0.1) is 11.8 Å². The smallest absolute Gasteiger partial charge is 0.258 e. The minimum atomic E-state index is -1.50. The van der Waals surface area contributed by atoms with E-state index < -0.39 is 96.7 Å². The molecular weight excluding hydrogens is 764 g/mol. The molecule has 7 amide bonds. The molecule has 3 heterocycles. The first kappa shape index (κ1) is 45.9. The van der Waals surface area contributed by atoms with E-state index in [2.05, 4.69) is 26.6 Å². The number of β-amino-alcohol motifs (C(OH)–C–C–N with tert-alkyl or cyclic N) is 1. The van der Waals surface area contributed by atoms with Gasteiger partial charge in [0.15, 0.2) is 6.61 Å². The van der Waals surface area contributed by atoms with Gasteiger partial charge in [-0.3, -0.25) is 38.5 Å². The molecule has 1 saturated heterocycles. The van der Waals surface area contributed by atoms with Crippen LogP contribution in [0.1, 0.15) is 64.5 Å². The van der Waals surface area contributed by atoms with E-state index in [4.69, 9.17) is 16.2 Å². The average Bonchev–Trinajstić information content (AvgIpc) is 3.65. The highest BCUT2D eigenvalue weighted by Gasteiger charge is 2.38. The lowest BCUT2D eigenvalue weighted by molar-refractivity contribution is -0.135. The lowest BCUT2D eigenvalue weighted by atomic mass is 9.96. The molecule has 2 aromatic carbocycles. The van der Waals surface area contributed by atoms with E-state index >= 15 is 0 Å². The van der Waals surface area contributed by atoms with Crippen molar-refractivity contribution < 1.29 is 48.5 Å². The number of hydrogen-bond acceptors (Lipinski definition) is 11. The predicted molar refractivity (Wildman–Crippen MR) is 215 cm³/mol. The molecule has 0 aliphatic carbocycles. The number of nitrogens with one attached hydrogen (secondary N) is 5. The number of ether oxygens (including phenoxy) is 1. The summed E-state index contributed by atoms with van der Waals surface area (Å²) in [6, 6.07) is 6.24. The summed E-state index contributed by atoms with van der Waals surface area (Å²) in [5.41, 5.74) is 12.3. The van der Waals surface area contributed by atoms with Crippen LogP contribution in [0.4, 0.5) is 0 Å². The van der Waals surface area contributed by atoms with Crippen molar-refractivity contribution in [2.75, 3.05) is 19.7 Å². The van der Waals surface area contributed by atoms with E-state index in [1.165, 1.54) is 12.1 Å². The molecule has 2 aromatic rings. The number of aliphatic hydroxyl groups excluding tert-OH is 1. The van der Waals surface area contributed by atoms with Gasteiger partial charge in [0.2, 0.25) is 35.4 Å². The Morgan fingerprint density at radius 3 is 2.17 bits per heavy atom. The normalized spacial score (nSPS) is 22.5. The van der Waals surface area contributed by atoms with Gasteiger partial charge in [0, 0.05) is 13.0 Å². The number of carbonyl (C=O) groups excluding carboxylic acids is 7. The fourth-order valence-corrected chi connectivity index (χ4v) is 7.16. The zero-order valence-electron chi connectivity index (χ0n) is 33.9. The summed E-state index contributed by atoms with van der Waals surface area (Å²) in [6.07, 6.45) is -0.275. The third kappa shape index (κ3) is 13.4. The molecule has 1 fully saturated rings. The molecule has 5 rings (SSSR count). The first-order valence-corrected chi connectivity index (χ1v) is 20.0. The quantitative estimate of drug-likeness (QED) is 0.0971. The first-order valence-electron chi connectivity index (χ1n) is 20.0. The second kappa shape index (κ2) is 21.3. The molecular formula is C41H58N8O10. The number of fused-ring (bicyclic) bond motifs is 13. The van der Waals surface area contributed by atoms with Gasteiger partial charge in [0.1, 0.15) is 35.7 Å². The van der Waals surface area contributed by atoms with Crippen LogP contribution < -0.4 is 42.8 Å². The monoisotopic (exact) mass is 822 g/mol. The van der Waals surface area contributed by atoms with E-state index in [1.54, 1.807) is 55.1 Å². The number of likely N-dealkylation sites (tertiary alicyclic amines) is 1. The fourth-order valence-electron chi connectivity index (χ4n) is 7.16. The summed E-state index contributed by atoms with van der Waals surface area (Å²) in [6.45, 7) is 7.10. The van der Waals surface area contributed by atoms with Crippen LogP contribution in [0.2, 0.25) is 0 Å². The Hall–Kier alpha value is -5.75. The minimum absolute atomic E-state index is 0.00379. The molecule has 3 aliphatic heterocycles. The number of carbonyl (C=O) groups is 7. The Balaban J connectivity index is 1.57. The van der Waals surface area contributed by atoms with Gasteiger partial charge in [-0.25, -0.2) is 0 Å². The number of rotatable bonds is 15. The van der Waals surface area contributed by atoms with Crippen molar-refractivity contribution in [3.05, 3.63) is 59.7 Å². The maximum Gasteiger partial charge on any atom is 0.258 e. The van der Waals surface area contributed by atoms with Crippen LogP contribution in [0.3, 0.4) is 0 Å². The SMILES string of the molecule is CC[C@H](C)[C@H](NC(=O)[C@@H]1CCCN1C[C@H](O)[C@H]1Cc2ccc(cc2)OCC(=O)N[C@@H](Cc2ccc(O)cc2)C(=O)N[C@@H](CC(N)=O)C(=O)N1)C(=O)N[C@H](C(N)=O)C(C)C. The largest absolute Gasteiger partial charge is 0.508 e. The van der Waals surface area contributed by atoms with Crippen molar-refractivity contribution in [2.45, 2.75) is 109 Å². The lowest BCUT2D eigenvalue weighted by Crippen LogP contribution is -2.60. The summed E-state index contributed by atoms with van der Waals surface area (Å²) in [7, 11) is 0. The Morgan fingerprint density at radius 2 is 1.56 bits per heavy atom. The number of amides is 7. The third-order valence-corrected chi connectivity index (χ3v) is 10.8. The third-order valence-electron chi connectivity index (χ3n) is 10.8. The Labute approximate surface area is 343 Å². The Morgan fingerprint density at radius 1 is 0.898 bits per heavy atom. The van der Waals surface area contributed by atoms with Crippen LogP contribution >= 0.6 is 0 Å². The maximum atomic E-state index is 13.9. The molecule has 8 atom stereocenters. The molecule has 18 nitrogen and oxygen atoms in total. The number of primary amides is 2. The van der Waals surface area contributed by atoms with Gasteiger partial charge >= 0.3 is 0 Å². The summed E-state index contributed by atoms with van der Waals surface area (Å²) in [5, 5.41) is 35.0. The lowest BCUT2D eigenvalue weighted by Gasteiger charge is -2.33. The van der Waals surface area contributed by atoms with E-state index in [0.29, 0.717) is 42.7 Å². The number of benzene rings is 2. The van der Waals surface area contributed by atoms with Crippen molar-refractivity contribution in [1.29, 1.82) is 0 Å². The van der Waals surface area contributed by atoms with E-state index in [-0.39, 0.29) is 37.0 Å². The Kier molecular flexibility index (Phi) is 16.6. The van der Waals surface area contributed by atoms with Gasteiger partial charge < -0.3 is 53.0 Å². The molecule has 0 aromatic heterocycles. The number of phenols is 1. The van der Waals surface area contributed by atoms with Gasteiger partial charge in [-0.05, 0) is 73.0 Å². The predicted octanol–water partition coefficient (Wildman–Crippen LogP) is -1.12. The number of hydrogen-bond donors (Lipinski definition) is 9. The molecule has 59 heavy (non-hydrogen) atoms. The summed E-state index contributed by atoms with van der Waals surface area (Å²) >= 11 is 0. The summed E-state index contributed by atoms with van der Waals surface area (Å²) in [5.74, 6) is -5.04. The highest BCUT2D eigenvalue weighted by molar-refractivity contribution is 5.95. The maximum absolute atomic E-state index is 13.9. The van der Waals surface area contributed by atoms with Crippen molar-refractivity contribution >= 4 is 41.4 Å². The molecule has 322 valence electrons. The van der Waals surface area contributed by atoms with Crippen LogP contribution in [-0.2, 0) is 46.4 Å². The average molecular weight is 823 g/mol. The second-order valence-corrected chi connectivity index (χ2v) is 15.7. The number of aromatic hydroxyl groups is 1. The molecule has 0 unspecified atom stereocenters. The fraction of sp³-hybridized carbons (Fsp3) is 0.537. The first-order chi connectivity index (χ1) is 27.9. The second-order valence-electron chi connectivity index (χ2n) is 15.7. The zero-order chi connectivity index (χ0) is 43.4. The van der Waals surface area contributed by atoms with Crippen molar-refractivity contribution in [1.82, 2.24) is 31.5 Å². The number of nitrogens with zero attached hydrogens (tertiary/aromatic N) is 1. The van der Waals surface area contributed by atoms with E-state index in [9.17, 15) is 43.8 Å². The van der Waals surface area contributed by atoms with Crippen LogP contribution in [0.15, 0.2) is 48.5 Å². The molecule has 3 aliphatic rings. The zero-order valence-corrected chi connectivity index (χ0v) is 33.9. The van der Waals surface area contributed by atoms with Gasteiger partial charge in [-0.2, -0.15) is 0 Å². The molecule has 0 spiro atoms. The standard InChI is InChI=1S/C41H58N8O10/c1-5-23(4)36(41(58)47-35(22(2)3)37(43)54)48-40(57)31-7-6-16-49(31)20-32(51)28-17-25-10-14-27(15-11-25)59-21-34(53)44-29(18-24-8-12-26(50)13-9-24)38(55)46-30(19-33(42)52)39(56)45-28/h8-15,22-23,28-32,35-36,50-51H,5-7,16-21H2,1-4H3,(H2,42,52)(H2,43,54)(H,44,53)(H,45,56)(H,46,55)(H,47,58)(H,48,57)/t23-,28+,29-,30-,31-,32-,35-,36-/m0/s1. The molecule has 11 N–H and O–H groups in total. The number of nitrogens with two attached hydrogens (primary N) is 2. The highest BCUT2D eigenvalue weighted by atomic mass is 16.5. The number of aliphatic hydroxyl groups is 1. The van der Waals surface area contributed by atoms with Crippen LogP contribution in [-0.4, -0.2) is 119 Å². The number of phenolic OH excluding ortho intramolecular Hbond substituents is 1. The van der Waals surface area contributed by atoms with Crippen LogP contribution in [0.5, 0.6) is 11.5 Å². The van der Waals surface area contributed by atoms with Crippen molar-refractivity contribution in [3.8, 4) is 11.5 Å². The topological polar surface area (TPSA) is 285 Å². The summed E-state index contributed by atoms with van der Waals surface area (Å²) < 4.78 is 5.67. The molecule has 0 saturated carbocycles. The van der Waals surface area contributed by atoms with Gasteiger partial charge in [-0.15, -0.1) is 0 Å². The van der Waals surface area contributed by atoms with E-state index in [1.807, 2.05) is 13.8 Å². The summed E-state index contributed by atoms with van der Waals surface area (Å²) in [4.78, 5) is 93.9. The Bertz CT molecular complexity index is 1810. The minimum Gasteiger partial charge on any atom is -0.508 e. The van der Waals surface area contributed by atoms with E-state index in [0.717, 1.165) is 0 Å². The van der Waals surface area contributed by atoms with Crippen LogP contribution in [0.25, 0.3) is 0 Å². The van der Waals surface area contributed by atoms with Crippen molar-refractivity contribution in [3.63, 3.8) is 0 Å².